The maximum absolute atomic E-state index is 12.3. The van der Waals surface area contributed by atoms with Crippen molar-refractivity contribution in [3.8, 4) is 5.75 Å². The molecule has 0 radical (unpaired) electrons. The van der Waals surface area contributed by atoms with Crippen molar-refractivity contribution in [3.63, 3.8) is 0 Å². The van der Waals surface area contributed by atoms with E-state index in [2.05, 4.69) is 29.9 Å². The lowest BCUT2D eigenvalue weighted by molar-refractivity contribution is -0.274. The van der Waals surface area contributed by atoms with Crippen molar-refractivity contribution in [1.82, 2.24) is 19.9 Å². The summed E-state index contributed by atoms with van der Waals surface area (Å²) in [5.74, 6) is -0.106. The molecule has 1 aromatic heterocycles. The molecule has 14 heteroatoms. The van der Waals surface area contributed by atoms with Crippen LogP contribution in [0.5, 0.6) is 5.75 Å². The molecule has 0 spiro atoms. The average Bonchev–Trinajstić information content (AvgIpc) is 2.68. The number of nitrogens with zero attached hydrogens (tertiary/aromatic N) is 5. The second kappa shape index (κ2) is 9.78. The van der Waals surface area contributed by atoms with E-state index < -0.39 is 10.2 Å². The number of rotatable bonds is 6. The Morgan fingerprint density at radius 1 is 1.00 bits per heavy atom. The average molecular weight is 502 g/mol. The number of aliphatic hydroxyl groups excluding tert-OH is 1. The Balaban J connectivity index is 1.79. The van der Waals surface area contributed by atoms with E-state index in [1.807, 2.05) is 4.90 Å². The van der Waals surface area contributed by atoms with E-state index in [0.29, 0.717) is 44.4 Å². The zero-order valence-electron chi connectivity index (χ0n) is 15.9. The number of nitrogens with one attached hydrogen (secondary N) is 1. The van der Waals surface area contributed by atoms with Crippen molar-refractivity contribution in [2.24, 2.45) is 0 Å². The van der Waals surface area contributed by atoms with Gasteiger partial charge in [-0.2, -0.15) is 15.0 Å². The Hall–Kier alpha value is -1.79. The highest BCUT2D eigenvalue weighted by molar-refractivity contribution is 6.66. The fourth-order valence-corrected chi connectivity index (χ4v) is 3.12. The Morgan fingerprint density at radius 2 is 1.65 bits per heavy atom. The predicted molar refractivity (Wildman–Crippen MR) is 111 cm³/mol. The molecule has 1 aromatic carbocycles. The fraction of sp³-hybridized carbons (Fsp3) is 0.471. The summed E-state index contributed by atoms with van der Waals surface area (Å²) in [4.78, 5) is 16.7. The third-order valence-electron chi connectivity index (χ3n) is 4.29. The molecule has 2 heterocycles. The number of piperazine rings is 1. The maximum atomic E-state index is 12.3. The monoisotopic (exact) mass is 500 g/mol. The molecule has 1 fully saturated rings. The highest BCUT2D eigenvalue weighted by Gasteiger charge is 2.31. The molecule has 0 bridgehead atoms. The lowest BCUT2D eigenvalue weighted by Crippen LogP contribution is -2.48. The predicted octanol–water partition coefficient (Wildman–Crippen LogP) is 3.45. The van der Waals surface area contributed by atoms with Crippen LogP contribution in [0.25, 0.3) is 0 Å². The van der Waals surface area contributed by atoms with Gasteiger partial charge < -0.3 is 20.1 Å². The minimum absolute atomic E-state index is 0.0635. The van der Waals surface area contributed by atoms with Gasteiger partial charge in [0.15, 0.2) is 5.82 Å². The zero-order valence-corrected chi connectivity index (χ0v) is 18.2. The molecule has 0 aliphatic carbocycles. The Bertz CT molecular complexity index is 875. The first kappa shape index (κ1) is 23.9. The van der Waals surface area contributed by atoms with Crippen LogP contribution in [-0.2, 0) is 3.79 Å². The molecule has 2 aromatic rings. The first-order valence-corrected chi connectivity index (χ1v) is 10.2. The molecule has 1 aliphatic rings. The van der Waals surface area contributed by atoms with Crippen LogP contribution in [-0.4, -0.2) is 70.7 Å². The standard InChI is InChI=1S/C17H18Cl3F3N6O2/c18-16(19,20)13-25-14(24-11-1-3-12(4-2-11)31-17(21,22)23)27-15(26-13)29-7-5-28(6-8-29)9-10-30/h1-4,30H,5-10H2,(H,24,25,26,27). The third kappa shape index (κ3) is 7.11. The number of halogens is 6. The van der Waals surface area contributed by atoms with Crippen molar-refractivity contribution in [1.29, 1.82) is 0 Å². The minimum Gasteiger partial charge on any atom is -0.406 e. The molecule has 0 saturated carbocycles. The second-order valence-corrected chi connectivity index (χ2v) is 8.81. The van der Waals surface area contributed by atoms with Gasteiger partial charge in [0.25, 0.3) is 0 Å². The van der Waals surface area contributed by atoms with Gasteiger partial charge in [0.2, 0.25) is 15.7 Å². The van der Waals surface area contributed by atoms with Gasteiger partial charge in [0.1, 0.15) is 5.75 Å². The highest BCUT2D eigenvalue weighted by atomic mass is 35.6. The molecule has 31 heavy (non-hydrogen) atoms. The van der Waals surface area contributed by atoms with Gasteiger partial charge in [0.05, 0.1) is 6.61 Å². The molecule has 8 nitrogen and oxygen atoms in total. The summed E-state index contributed by atoms with van der Waals surface area (Å²) in [7, 11) is 0. The Labute approximate surface area is 190 Å². The smallest absolute Gasteiger partial charge is 0.406 e. The van der Waals surface area contributed by atoms with Crippen molar-refractivity contribution in [2.75, 3.05) is 49.5 Å². The van der Waals surface area contributed by atoms with Crippen molar-refractivity contribution >= 4 is 52.4 Å². The molecule has 2 N–H and O–H groups in total. The van der Waals surface area contributed by atoms with Gasteiger partial charge in [-0.25, -0.2) is 0 Å². The van der Waals surface area contributed by atoms with Crippen molar-refractivity contribution < 1.29 is 23.0 Å². The minimum atomic E-state index is -4.78. The van der Waals surface area contributed by atoms with E-state index in [9.17, 15) is 13.2 Å². The van der Waals surface area contributed by atoms with Gasteiger partial charge in [0, 0.05) is 38.4 Å². The number of ether oxygens (including phenoxy) is 1. The van der Waals surface area contributed by atoms with E-state index in [1.165, 1.54) is 12.1 Å². The van der Waals surface area contributed by atoms with E-state index in [-0.39, 0.29) is 24.1 Å². The number of hydrogen-bond acceptors (Lipinski definition) is 8. The normalized spacial score (nSPS) is 15.8. The molecule has 1 saturated heterocycles. The first-order chi connectivity index (χ1) is 14.5. The fourth-order valence-electron chi connectivity index (χ4n) is 2.87. The van der Waals surface area contributed by atoms with Crippen molar-refractivity contribution in [2.45, 2.75) is 10.2 Å². The van der Waals surface area contributed by atoms with E-state index >= 15 is 0 Å². The second-order valence-electron chi connectivity index (χ2n) is 6.53. The summed E-state index contributed by atoms with van der Waals surface area (Å²) in [6.45, 7) is 3.21. The van der Waals surface area contributed by atoms with Gasteiger partial charge in [-0.3, -0.25) is 4.90 Å². The van der Waals surface area contributed by atoms with E-state index in [4.69, 9.17) is 39.9 Å². The number of anilines is 3. The molecular weight excluding hydrogens is 484 g/mol. The van der Waals surface area contributed by atoms with Gasteiger partial charge >= 0.3 is 6.36 Å². The zero-order chi connectivity index (χ0) is 22.6. The quantitative estimate of drug-likeness (QED) is 0.582. The number of aliphatic hydroxyl groups is 1. The summed E-state index contributed by atoms with van der Waals surface area (Å²) in [6, 6.07) is 5.03. The van der Waals surface area contributed by atoms with E-state index in [1.54, 1.807) is 0 Å². The lowest BCUT2D eigenvalue weighted by atomic mass is 10.3. The lowest BCUT2D eigenvalue weighted by Gasteiger charge is -2.34. The van der Waals surface area contributed by atoms with Gasteiger partial charge in [-0.15, -0.1) is 13.2 Å². The van der Waals surface area contributed by atoms with Crippen LogP contribution in [0.1, 0.15) is 5.82 Å². The number of aromatic nitrogens is 3. The Kier molecular flexibility index (Phi) is 7.53. The first-order valence-electron chi connectivity index (χ1n) is 9.08. The van der Waals surface area contributed by atoms with Gasteiger partial charge in [-0.05, 0) is 24.3 Å². The van der Waals surface area contributed by atoms with Crippen LogP contribution in [0.4, 0.5) is 30.8 Å². The summed E-state index contributed by atoms with van der Waals surface area (Å²) in [5, 5.41) is 11.9. The van der Waals surface area contributed by atoms with E-state index in [0.717, 1.165) is 12.1 Å². The number of alkyl halides is 6. The van der Waals surface area contributed by atoms with Crippen molar-refractivity contribution in [3.05, 3.63) is 30.1 Å². The largest absolute Gasteiger partial charge is 0.573 e. The number of hydrogen-bond donors (Lipinski definition) is 2. The molecule has 0 unspecified atom stereocenters. The molecule has 3 rings (SSSR count). The topological polar surface area (TPSA) is 86.6 Å². The van der Waals surface area contributed by atoms with Crippen LogP contribution in [0.15, 0.2) is 24.3 Å². The van der Waals surface area contributed by atoms with Gasteiger partial charge in [-0.1, -0.05) is 34.8 Å². The van der Waals surface area contributed by atoms with Crippen LogP contribution in [0, 0.1) is 0 Å². The van der Waals surface area contributed by atoms with Crippen LogP contribution in [0.3, 0.4) is 0 Å². The maximum Gasteiger partial charge on any atom is 0.573 e. The molecule has 0 amide bonds. The SMILES string of the molecule is OCCN1CCN(c2nc(Nc3ccc(OC(F)(F)F)cc3)nc(C(Cl)(Cl)Cl)n2)CC1. The summed E-state index contributed by atoms with van der Waals surface area (Å²) >= 11 is 17.9. The number of benzene rings is 1. The number of β-amino-alcohol motifs (C(OH)–C–C–N with tert-alkyl or cyclic N) is 1. The van der Waals surface area contributed by atoms with Crippen LogP contribution >= 0.6 is 34.8 Å². The highest BCUT2D eigenvalue weighted by Crippen LogP contribution is 2.37. The molecule has 0 atom stereocenters. The van der Waals surface area contributed by atoms with Crippen LogP contribution < -0.4 is 15.0 Å². The van der Waals surface area contributed by atoms with Crippen LogP contribution in [0.2, 0.25) is 0 Å². The third-order valence-corrected chi connectivity index (χ3v) is 4.80. The summed E-state index contributed by atoms with van der Waals surface area (Å²) < 4.78 is 38.9. The molecule has 170 valence electrons. The summed E-state index contributed by atoms with van der Waals surface area (Å²) in [6.07, 6.45) is -4.78. The molecule has 1 aliphatic heterocycles. The molecular formula is C17H18Cl3F3N6O2. The Morgan fingerprint density at radius 3 is 2.19 bits per heavy atom. The summed E-state index contributed by atoms with van der Waals surface area (Å²) in [5.41, 5.74) is 0.398.